The summed E-state index contributed by atoms with van der Waals surface area (Å²) in [6.45, 7) is 2.75. The van der Waals surface area contributed by atoms with Gasteiger partial charge in [-0.2, -0.15) is 5.10 Å². The molecule has 2 unspecified atom stereocenters. The van der Waals surface area contributed by atoms with Crippen LogP contribution in [0.25, 0.3) is 0 Å². The quantitative estimate of drug-likeness (QED) is 0.904. The molecule has 5 nitrogen and oxygen atoms in total. The first-order valence-corrected chi connectivity index (χ1v) is 8.65. The van der Waals surface area contributed by atoms with Crippen LogP contribution >= 0.6 is 15.9 Å². The van der Waals surface area contributed by atoms with Crippen molar-refractivity contribution in [1.82, 2.24) is 9.78 Å². The van der Waals surface area contributed by atoms with Crippen LogP contribution < -0.4 is 0 Å². The smallest absolute Gasteiger partial charge is 0.150 e. The Bertz CT molecular complexity index is 526. The summed E-state index contributed by atoms with van der Waals surface area (Å²) in [6, 6.07) is 0. The zero-order chi connectivity index (χ0) is 13.3. The van der Waals surface area contributed by atoms with E-state index in [-0.39, 0.29) is 17.4 Å². The Hall–Kier alpha value is -0.400. The average molecular weight is 337 g/mol. The van der Waals surface area contributed by atoms with E-state index in [0.29, 0.717) is 12.1 Å². The molecule has 1 aliphatic rings. The molecule has 0 radical (unpaired) electrons. The highest BCUT2D eigenvalue weighted by Crippen LogP contribution is 2.34. The van der Waals surface area contributed by atoms with E-state index in [0.717, 1.165) is 17.4 Å². The summed E-state index contributed by atoms with van der Waals surface area (Å²) in [6.07, 6.45) is 2.31. The monoisotopic (exact) mass is 336 g/mol. The third-order valence-corrected chi connectivity index (χ3v) is 5.67. The number of nitrogens with zero attached hydrogens (tertiary/aromatic N) is 2. The van der Waals surface area contributed by atoms with Gasteiger partial charge in [0, 0.05) is 12.5 Å². The molecule has 0 aliphatic carbocycles. The Morgan fingerprint density at radius 2 is 2.39 bits per heavy atom. The molecule has 2 atom stereocenters. The molecule has 1 aromatic heterocycles. The fourth-order valence-electron chi connectivity index (χ4n) is 2.35. The molecule has 0 spiro atoms. The van der Waals surface area contributed by atoms with Gasteiger partial charge in [-0.15, -0.1) is 0 Å². The minimum Gasteiger partial charge on any atom is -0.386 e. The molecular weight excluding hydrogens is 320 g/mol. The lowest BCUT2D eigenvalue weighted by atomic mass is 9.99. The van der Waals surface area contributed by atoms with E-state index in [1.807, 2.05) is 6.92 Å². The Balaban J connectivity index is 2.23. The summed E-state index contributed by atoms with van der Waals surface area (Å²) in [5.41, 5.74) is 0.693. The van der Waals surface area contributed by atoms with Gasteiger partial charge in [-0.3, -0.25) is 4.68 Å². The Kier molecular flexibility index (Phi) is 4.13. The van der Waals surface area contributed by atoms with Crippen LogP contribution in [0.5, 0.6) is 0 Å². The summed E-state index contributed by atoms with van der Waals surface area (Å²) in [4.78, 5) is 0. The molecule has 1 saturated heterocycles. The molecule has 0 bridgehead atoms. The topological polar surface area (TPSA) is 72.2 Å². The van der Waals surface area contributed by atoms with Crippen molar-refractivity contribution in [2.75, 3.05) is 11.5 Å². The lowest BCUT2D eigenvalue weighted by molar-refractivity contribution is 0.110. The SMILES string of the molecule is CCCn1ncc(Br)c1C(O)C1CCS(=O)(=O)C1. The van der Waals surface area contributed by atoms with Crippen molar-refractivity contribution in [3.05, 3.63) is 16.4 Å². The summed E-state index contributed by atoms with van der Waals surface area (Å²) in [5.74, 6) is 0.0187. The lowest BCUT2D eigenvalue weighted by Gasteiger charge is -2.18. The van der Waals surface area contributed by atoms with Crippen LogP contribution in [0.4, 0.5) is 0 Å². The summed E-state index contributed by atoms with van der Waals surface area (Å²) < 4.78 is 25.4. The normalized spacial score (nSPS) is 24.3. The maximum atomic E-state index is 11.5. The molecule has 18 heavy (non-hydrogen) atoms. The average Bonchev–Trinajstić information content (AvgIpc) is 2.82. The van der Waals surface area contributed by atoms with Crippen LogP contribution in [0.1, 0.15) is 31.6 Å². The Labute approximate surface area is 115 Å². The summed E-state index contributed by atoms with van der Waals surface area (Å²) in [7, 11) is -2.97. The van der Waals surface area contributed by atoms with Crippen molar-refractivity contribution < 1.29 is 13.5 Å². The standard InChI is InChI=1S/C11H17BrN2O3S/c1-2-4-14-10(9(12)6-13-14)11(15)8-3-5-18(16,17)7-8/h6,8,11,15H,2-5,7H2,1H3. The molecule has 1 aromatic rings. The van der Waals surface area contributed by atoms with Crippen LogP contribution in [-0.2, 0) is 16.4 Å². The van der Waals surface area contributed by atoms with Gasteiger partial charge in [0.2, 0.25) is 0 Å². The molecular formula is C11H17BrN2O3S. The highest BCUT2D eigenvalue weighted by Gasteiger charge is 2.35. The largest absolute Gasteiger partial charge is 0.386 e. The van der Waals surface area contributed by atoms with Crippen molar-refractivity contribution in [2.24, 2.45) is 5.92 Å². The van der Waals surface area contributed by atoms with E-state index in [2.05, 4.69) is 21.0 Å². The lowest BCUT2D eigenvalue weighted by Crippen LogP contribution is -2.18. The highest BCUT2D eigenvalue weighted by atomic mass is 79.9. The van der Waals surface area contributed by atoms with Gasteiger partial charge >= 0.3 is 0 Å². The van der Waals surface area contributed by atoms with Crippen LogP contribution in [0.15, 0.2) is 10.7 Å². The fraction of sp³-hybridized carbons (Fsp3) is 0.727. The highest BCUT2D eigenvalue weighted by molar-refractivity contribution is 9.10. The first-order valence-electron chi connectivity index (χ1n) is 6.04. The predicted molar refractivity (Wildman–Crippen MR) is 71.9 cm³/mol. The molecule has 2 heterocycles. The van der Waals surface area contributed by atoms with E-state index in [9.17, 15) is 13.5 Å². The Morgan fingerprint density at radius 1 is 1.67 bits per heavy atom. The number of halogens is 1. The summed E-state index contributed by atoms with van der Waals surface area (Å²) >= 11 is 3.37. The molecule has 1 fully saturated rings. The van der Waals surface area contributed by atoms with Gasteiger partial charge in [-0.25, -0.2) is 8.42 Å². The van der Waals surface area contributed by atoms with Crippen molar-refractivity contribution >= 4 is 25.8 Å². The van der Waals surface area contributed by atoms with E-state index >= 15 is 0 Å². The van der Waals surface area contributed by atoms with Gasteiger partial charge in [0.15, 0.2) is 9.84 Å². The third-order valence-electron chi connectivity index (χ3n) is 3.26. The number of hydrogen-bond donors (Lipinski definition) is 1. The zero-order valence-electron chi connectivity index (χ0n) is 10.2. The van der Waals surface area contributed by atoms with Crippen LogP contribution in [-0.4, -0.2) is 34.8 Å². The molecule has 102 valence electrons. The first-order chi connectivity index (χ1) is 8.44. The first kappa shape index (κ1) is 14.0. The van der Waals surface area contributed by atoms with Crippen molar-refractivity contribution in [2.45, 2.75) is 32.4 Å². The molecule has 7 heteroatoms. The van der Waals surface area contributed by atoms with E-state index in [1.54, 1.807) is 10.9 Å². The molecule has 0 amide bonds. The minimum atomic E-state index is -2.97. The minimum absolute atomic E-state index is 0.0674. The van der Waals surface area contributed by atoms with Crippen LogP contribution in [0, 0.1) is 5.92 Å². The van der Waals surface area contributed by atoms with Crippen LogP contribution in [0.2, 0.25) is 0 Å². The number of hydrogen-bond acceptors (Lipinski definition) is 4. The van der Waals surface area contributed by atoms with Crippen molar-refractivity contribution in [1.29, 1.82) is 0 Å². The summed E-state index contributed by atoms with van der Waals surface area (Å²) in [5, 5.41) is 14.6. The number of sulfone groups is 1. The molecule has 1 aliphatic heterocycles. The molecule has 0 saturated carbocycles. The predicted octanol–water partition coefficient (Wildman–Crippen LogP) is 1.52. The number of rotatable bonds is 4. The van der Waals surface area contributed by atoms with E-state index < -0.39 is 15.9 Å². The second kappa shape index (κ2) is 5.30. The molecule has 1 N–H and O–H groups in total. The maximum Gasteiger partial charge on any atom is 0.150 e. The van der Waals surface area contributed by atoms with Gasteiger partial charge in [0.1, 0.15) is 6.10 Å². The molecule has 0 aromatic carbocycles. The number of aromatic nitrogens is 2. The van der Waals surface area contributed by atoms with Gasteiger partial charge in [0.25, 0.3) is 0 Å². The van der Waals surface area contributed by atoms with Gasteiger partial charge in [0.05, 0.1) is 27.9 Å². The van der Waals surface area contributed by atoms with Crippen molar-refractivity contribution in [3.63, 3.8) is 0 Å². The molecule has 2 rings (SSSR count). The van der Waals surface area contributed by atoms with Crippen LogP contribution in [0.3, 0.4) is 0 Å². The Morgan fingerprint density at radius 3 is 2.94 bits per heavy atom. The third kappa shape index (κ3) is 2.78. The van der Waals surface area contributed by atoms with Gasteiger partial charge < -0.3 is 5.11 Å². The van der Waals surface area contributed by atoms with Gasteiger partial charge in [-0.1, -0.05) is 6.92 Å². The fourth-order valence-corrected chi connectivity index (χ4v) is 4.71. The number of aryl methyl sites for hydroxylation is 1. The second-order valence-electron chi connectivity index (χ2n) is 4.71. The van der Waals surface area contributed by atoms with Crippen molar-refractivity contribution in [3.8, 4) is 0 Å². The number of aliphatic hydroxyl groups excluding tert-OH is 1. The zero-order valence-corrected chi connectivity index (χ0v) is 12.6. The maximum absolute atomic E-state index is 11.5. The van der Waals surface area contributed by atoms with E-state index in [1.165, 1.54) is 0 Å². The van der Waals surface area contributed by atoms with Gasteiger partial charge in [-0.05, 0) is 28.8 Å². The van der Waals surface area contributed by atoms with E-state index in [4.69, 9.17) is 0 Å². The number of aliphatic hydroxyl groups is 1. The second-order valence-corrected chi connectivity index (χ2v) is 7.79.